The Hall–Kier alpha value is -1.92. The molecule has 1 atom stereocenters. The molecule has 6 nitrogen and oxygen atoms in total. The van der Waals surface area contributed by atoms with Gasteiger partial charge in [0.1, 0.15) is 6.61 Å². The Balaban J connectivity index is 1.87. The maximum Gasteiger partial charge on any atom is 0.250 e. The molecule has 114 valence electrons. The smallest absolute Gasteiger partial charge is 0.250 e. The Bertz CT molecular complexity index is 499. The zero-order valence-electron chi connectivity index (χ0n) is 12.1. The number of carbonyl (C=O) groups is 2. The van der Waals surface area contributed by atoms with Gasteiger partial charge in [0.2, 0.25) is 11.8 Å². The highest BCUT2D eigenvalue weighted by atomic mass is 16.5. The number of amides is 2. The van der Waals surface area contributed by atoms with Crippen LogP contribution in [-0.4, -0.2) is 38.1 Å². The molecule has 0 saturated carbocycles. The Kier molecular flexibility index (Phi) is 5.71. The predicted molar refractivity (Wildman–Crippen MR) is 81.2 cm³/mol. The van der Waals surface area contributed by atoms with Gasteiger partial charge in [0.25, 0.3) is 0 Å². The summed E-state index contributed by atoms with van der Waals surface area (Å²) in [5, 5.41) is 8.85. The summed E-state index contributed by atoms with van der Waals surface area (Å²) < 4.78 is 4.76. The van der Waals surface area contributed by atoms with Crippen molar-refractivity contribution in [1.82, 2.24) is 5.32 Å². The van der Waals surface area contributed by atoms with Crippen molar-refractivity contribution in [1.29, 1.82) is 0 Å². The van der Waals surface area contributed by atoms with E-state index in [1.807, 2.05) is 0 Å². The first-order chi connectivity index (χ1) is 10.2. The van der Waals surface area contributed by atoms with Crippen LogP contribution in [-0.2, 0) is 14.3 Å². The third kappa shape index (κ3) is 5.17. The summed E-state index contributed by atoms with van der Waals surface area (Å²) in [7, 11) is 1.47. The molecule has 0 bridgehead atoms. The van der Waals surface area contributed by atoms with Crippen LogP contribution in [0.25, 0.3) is 0 Å². The van der Waals surface area contributed by atoms with E-state index in [4.69, 9.17) is 4.74 Å². The van der Waals surface area contributed by atoms with Gasteiger partial charge in [-0.3, -0.25) is 9.59 Å². The van der Waals surface area contributed by atoms with Crippen LogP contribution in [0.3, 0.4) is 0 Å². The Labute approximate surface area is 124 Å². The van der Waals surface area contributed by atoms with Crippen LogP contribution >= 0.6 is 0 Å². The number of rotatable bonds is 6. The van der Waals surface area contributed by atoms with E-state index in [9.17, 15) is 9.59 Å². The summed E-state index contributed by atoms with van der Waals surface area (Å²) in [6.45, 7) is 0.989. The lowest BCUT2D eigenvalue weighted by Crippen LogP contribution is -2.27. The zero-order chi connectivity index (χ0) is 15.1. The first kappa shape index (κ1) is 15.5. The topological polar surface area (TPSA) is 79.5 Å². The van der Waals surface area contributed by atoms with Crippen LogP contribution in [0.4, 0.5) is 11.4 Å². The van der Waals surface area contributed by atoms with E-state index in [0.29, 0.717) is 17.8 Å². The molecule has 1 aliphatic heterocycles. The van der Waals surface area contributed by atoms with Crippen molar-refractivity contribution in [2.75, 3.05) is 30.9 Å². The largest absolute Gasteiger partial charge is 0.375 e. The molecule has 0 radical (unpaired) electrons. The SMILES string of the molecule is COCC(=O)Nc1cccc(NC(=O)CC2CCCN2)c1. The number of hydrogen-bond acceptors (Lipinski definition) is 4. The lowest BCUT2D eigenvalue weighted by Gasteiger charge is -2.11. The molecule has 1 fully saturated rings. The highest BCUT2D eigenvalue weighted by Gasteiger charge is 2.17. The first-order valence-corrected chi connectivity index (χ1v) is 7.09. The molecule has 1 heterocycles. The van der Waals surface area contributed by atoms with Gasteiger partial charge in [-0.15, -0.1) is 0 Å². The maximum absolute atomic E-state index is 11.9. The van der Waals surface area contributed by atoms with Gasteiger partial charge in [-0.25, -0.2) is 0 Å². The predicted octanol–water partition coefficient (Wildman–Crippen LogP) is 1.35. The van der Waals surface area contributed by atoms with Crippen LogP contribution in [0.5, 0.6) is 0 Å². The third-order valence-corrected chi connectivity index (χ3v) is 3.30. The van der Waals surface area contributed by atoms with Gasteiger partial charge in [0.05, 0.1) is 0 Å². The fourth-order valence-electron chi connectivity index (χ4n) is 2.37. The molecular weight excluding hydrogens is 270 g/mol. The second kappa shape index (κ2) is 7.75. The van der Waals surface area contributed by atoms with E-state index in [-0.39, 0.29) is 24.5 Å². The number of ether oxygens (including phenoxy) is 1. The molecule has 1 saturated heterocycles. The quantitative estimate of drug-likeness (QED) is 0.739. The molecule has 3 N–H and O–H groups in total. The normalized spacial score (nSPS) is 17.5. The standard InChI is InChI=1S/C15H21N3O3/c1-21-10-15(20)18-13-5-2-4-12(8-13)17-14(19)9-11-6-3-7-16-11/h2,4-5,8,11,16H,3,6-7,9-10H2,1H3,(H,17,19)(H,18,20). The number of benzene rings is 1. The molecule has 1 unspecified atom stereocenters. The molecular formula is C15H21N3O3. The first-order valence-electron chi connectivity index (χ1n) is 7.09. The molecule has 21 heavy (non-hydrogen) atoms. The van der Waals surface area contributed by atoms with Crippen molar-refractivity contribution in [2.45, 2.75) is 25.3 Å². The maximum atomic E-state index is 11.9. The van der Waals surface area contributed by atoms with Gasteiger partial charge in [-0.1, -0.05) is 6.07 Å². The minimum absolute atomic E-state index is 0.00390. The molecule has 0 spiro atoms. The van der Waals surface area contributed by atoms with Gasteiger partial charge in [0, 0.05) is 30.9 Å². The molecule has 0 aromatic heterocycles. The molecule has 6 heteroatoms. The van der Waals surface area contributed by atoms with Crippen molar-refractivity contribution in [2.24, 2.45) is 0 Å². The van der Waals surface area contributed by atoms with E-state index in [2.05, 4.69) is 16.0 Å². The number of nitrogens with one attached hydrogen (secondary N) is 3. The monoisotopic (exact) mass is 291 g/mol. The summed E-state index contributed by atoms with van der Waals surface area (Å²) >= 11 is 0. The van der Waals surface area contributed by atoms with Gasteiger partial charge in [-0.05, 0) is 37.6 Å². The highest BCUT2D eigenvalue weighted by molar-refractivity contribution is 5.94. The molecule has 2 rings (SSSR count). The van der Waals surface area contributed by atoms with Gasteiger partial charge in [-0.2, -0.15) is 0 Å². The van der Waals surface area contributed by atoms with Crippen molar-refractivity contribution in [3.63, 3.8) is 0 Å². The van der Waals surface area contributed by atoms with Gasteiger partial charge < -0.3 is 20.7 Å². The van der Waals surface area contributed by atoms with Crippen LogP contribution in [0.2, 0.25) is 0 Å². The van der Waals surface area contributed by atoms with Crippen molar-refractivity contribution >= 4 is 23.2 Å². The van der Waals surface area contributed by atoms with E-state index in [1.54, 1.807) is 24.3 Å². The zero-order valence-corrected chi connectivity index (χ0v) is 12.1. The summed E-state index contributed by atoms with van der Waals surface area (Å²) in [6, 6.07) is 7.35. The molecule has 1 aliphatic rings. The fraction of sp³-hybridized carbons (Fsp3) is 0.467. The lowest BCUT2D eigenvalue weighted by molar-refractivity contribution is -0.119. The Morgan fingerprint density at radius 3 is 2.62 bits per heavy atom. The number of methoxy groups -OCH3 is 1. The van der Waals surface area contributed by atoms with E-state index in [1.165, 1.54) is 7.11 Å². The van der Waals surface area contributed by atoms with Crippen LogP contribution in [0, 0.1) is 0 Å². The fourth-order valence-corrected chi connectivity index (χ4v) is 2.37. The Morgan fingerprint density at radius 1 is 1.29 bits per heavy atom. The van der Waals surface area contributed by atoms with E-state index in [0.717, 1.165) is 19.4 Å². The third-order valence-electron chi connectivity index (χ3n) is 3.30. The second-order valence-electron chi connectivity index (χ2n) is 5.11. The van der Waals surface area contributed by atoms with Gasteiger partial charge in [0.15, 0.2) is 0 Å². The summed E-state index contributed by atoms with van der Waals surface area (Å²) in [6.07, 6.45) is 2.64. The van der Waals surface area contributed by atoms with E-state index < -0.39 is 0 Å². The average molecular weight is 291 g/mol. The Morgan fingerprint density at radius 2 is 2.00 bits per heavy atom. The van der Waals surface area contributed by atoms with Crippen molar-refractivity contribution in [3.8, 4) is 0 Å². The summed E-state index contributed by atoms with van der Waals surface area (Å²) in [4.78, 5) is 23.4. The van der Waals surface area contributed by atoms with Crippen molar-refractivity contribution < 1.29 is 14.3 Å². The molecule has 1 aromatic carbocycles. The molecule has 1 aromatic rings. The van der Waals surface area contributed by atoms with Crippen LogP contribution in [0.15, 0.2) is 24.3 Å². The average Bonchev–Trinajstić information content (AvgIpc) is 2.92. The molecule has 0 aliphatic carbocycles. The molecule has 2 amide bonds. The highest BCUT2D eigenvalue weighted by Crippen LogP contribution is 2.16. The lowest BCUT2D eigenvalue weighted by atomic mass is 10.1. The van der Waals surface area contributed by atoms with Crippen molar-refractivity contribution in [3.05, 3.63) is 24.3 Å². The van der Waals surface area contributed by atoms with Crippen LogP contribution < -0.4 is 16.0 Å². The minimum Gasteiger partial charge on any atom is -0.375 e. The summed E-state index contributed by atoms with van der Waals surface area (Å²) in [5.74, 6) is -0.245. The van der Waals surface area contributed by atoms with E-state index >= 15 is 0 Å². The number of anilines is 2. The van der Waals surface area contributed by atoms with Gasteiger partial charge >= 0.3 is 0 Å². The number of hydrogen-bond donors (Lipinski definition) is 3. The minimum atomic E-state index is -0.226. The van der Waals surface area contributed by atoms with Crippen LogP contribution in [0.1, 0.15) is 19.3 Å². The summed E-state index contributed by atoms with van der Waals surface area (Å²) in [5.41, 5.74) is 1.31. The number of carbonyl (C=O) groups excluding carboxylic acids is 2. The second-order valence-corrected chi connectivity index (χ2v) is 5.11.